The summed E-state index contributed by atoms with van der Waals surface area (Å²) in [4.78, 5) is 2.12. The van der Waals surface area contributed by atoms with E-state index >= 15 is 0 Å². The molecule has 0 saturated carbocycles. The van der Waals surface area contributed by atoms with E-state index in [9.17, 15) is 0 Å². The fourth-order valence-electron chi connectivity index (χ4n) is 1.65. The van der Waals surface area contributed by atoms with E-state index in [1.54, 1.807) is 13.3 Å². The van der Waals surface area contributed by atoms with Crippen LogP contribution in [0.15, 0.2) is 10.7 Å². The average molecular weight is 319 g/mol. The molecule has 0 aliphatic carbocycles. The van der Waals surface area contributed by atoms with E-state index in [4.69, 9.17) is 10.5 Å². The number of rotatable bonds is 6. The van der Waals surface area contributed by atoms with Crippen LogP contribution in [-0.2, 0) is 11.3 Å². The summed E-state index contributed by atoms with van der Waals surface area (Å²) in [7, 11) is 5.75. The molecule has 1 atom stereocenters. The van der Waals surface area contributed by atoms with Gasteiger partial charge in [0.15, 0.2) is 0 Å². The van der Waals surface area contributed by atoms with Crippen LogP contribution in [0.5, 0.6) is 0 Å². The highest BCUT2D eigenvalue weighted by Gasteiger charge is 2.33. The van der Waals surface area contributed by atoms with E-state index in [-0.39, 0.29) is 11.6 Å². The summed E-state index contributed by atoms with van der Waals surface area (Å²) in [5.41, 5.74) is 7.26. The zero-order valence-electron chi connectivity index (χ0n) is 11.8. The van der Waals surface area contributed by atoms with Crippen molar-refractivity contribution in [1.82, 2.24) is 14.7 Å². The molecule has 1 rings (SSSR count). The van der Waals surface area contributed by atoms with Crippen molar-refractivity contribution in [3.63, 3.8) is 0 Å². The lowest BCUT2D eigenvalue weighted by Crippen LogP contribution is -2.48. The second-order valence-corrected chi connectivity index (χ2v) is 5.97. The molecule has 0 bridgehead atoms. The Kier molecular flexibility index (Phi) is 5.33. The normalized spacial score (nSPS) is 14.2. The molecule has 0 radical (unpaired) electrons. The van der Waals surface area contributed by atoms with Crippen LogP contribution in [0.3, 0.4) is 0 Å². The molecule has 1 unspecified atom stereocenters. The molecule has 5 nitrogen and oxygen atoms in total. The Balaban J connectivity index is 3.04. The topological polar surface area (TPSA) is 56.3 Å². The van der Waals surface area contributed by atoms with Crippen LogP contribution in [0, 0.1) is 0 Å². The first kappa shape index (κ1) is 15.6. The number of nitrogens with two attached hydrogens (primary N) is 1. The van der Waals surface area contributed by atoms with E-state index in [1.165, 1.54) is 0 Å². The lowest BCUT2D eigenvalue weighted by atomic mass is 9.91. The van der Waals surface area contributed by atoms with Crippen molar-refractivity contribution in [2.75, 3.05) is 27.8 Å². The molecule has 0 amide bonds. The molecular weight excluding hydrogens is 296 g/mol. The molecule has 1 heterocycles. The number of aromatic nitrogens is 2. The second kappa shape index (κ2) is 6.14. The molecule has 2 N–H and O–H groups in total. The van der Waals surface area contributed by atoms with Crippen LogP contribution in [0.2, 0.25) is 0 Å². The standard InChI is InChI=1S/C12H23BrN4O/c1-12(2,16(3)4)11(14)10-9(13)8-15-17(10)6-7-18-5/h8,11H,6-7,14H2,1-5H3. The van der Waals surface area contributed by atoms with E-state index in [0.717, 1.165) is 10.2 Å². The Bertz CT molecular complexity index is 389. The summed E-state index contributed by atoms with van der Waals surface area (Å²) >= 11 is 3.53. The Morgan fingerprint density at radius 2 is 2.17 bits per heavy atom. The van der Waals surface area contributed by atoms with Crippen molar-refractivity contribution >= 4 is 15.9 Å². The van der Waals surface area contributed by atoms with Gasteiger partial charge in [0.2, 0.25) is 0 Å². The van der Waals surface area contributed by atoms with Crippen LogP contribution < -0.4 is 5.73 Å². The molecule has 18 heavy (non-hydrogen) atoms. The highest BCUT2D eigenvalue weighted by molar-refractivity contribution is 9.10. The number of ether oxygens (including phenoxy) is 1. The Morgan fingerprint density at radius 1 is 1.56 bits per heavy atom. The molecule has 0 saturated heterocycles. The fraction of sp³-hybridized carbons (Fsp3) is 0.750. The van der Waals surface area contributed by atoms with Gasteiger partial charge in [0.05, 0.1) is 35.6 Å². The van der Waals surface area contributed by atoms with Gasteiger partial charge < -0.3 is 15.4 Å². The number of nitrogens with zero attached hydrogens (tertiary/aromatic N) is 3. The SMILES string of the molecule is COCCn1ncc(Br)c1C(N)C(C)(C)N(C)C. The Hall–Kier alpha value is -0.430. The van der Waals surface area contributed by atoms with Crippen molar-refractivity contribution < 1.29 is 4.74 Å². The third-order valence-electron chi connectivity index (χ3n) is 3.55. The third-order valence-corrected chi connectivity index (χ3v) is 4.16. The van der Waals surface area contributed by atoms with Gasteiger partial charge in [0.25, 0.3) is 0 Å². The molecule has 1 aromatic heterocycles. The quantitative estimate of drug-likeness (QED) is 0.866. The maximum absolute atomic E-state index is 6.42. The van der Waals surface area contributed by atoms with Crippen LogP contribution in [0.4, 0.5) is 0 Å². The molecule has 104 valence electrons. The van der Waals surface area contributed by atoms with Crippen molar-refractivity contribution in [3.05, 3.63) is 16.4 Å². The lowest BCUT2D eigenvalue weighted by molar-refractivity contribution is 0.148. The van der Waals surface area contributed by atoms with Crippen LogP contribution in [0.25, 0.3) is 0 Å². The van der Waals surface area contributed by atoms with E-state index in [1.807, 2.05) is 18.8 Å². The summed E-state index contributed by atoms with van der Waals surface area (Å²) in [5.74, 6) is 0. The molecule has 0 aliphatic heterocycles. The van der Waals surface area contributed by atoms with Gasteiger partial charge in [-0.3, -0.25) is 4.68 Å². The van der Waals surface area contributed by atoms with Gasteiger partial charge in [0.1, 0.15) is 0 Å². The summed E-state index contributed by atoms with van der Waals surface area (Å²) in [5, 5.41) is 4.34. The van der Waals surface area contributed by atoms with Crippen molar-refractivity contribution in [2.45, 2.75) is 32.0 Å². The van der Waals surface area contributed by atoms with Crippen LogP contribution in [-0.4, -0.2) is 48.0 Å². The summed E-state index contributed by atoms with van der Waals surface area (Å²) in [6.45, 7) is 5.57. The smallest absolute Gasteiger partial charge is 0.0713 e. The van der Waals surface area contributed by atoms with Crippen LogP contribution >= 0.6 is 15.9 Å². The van der Waals surface area contributed by atoms with Gasteiger partial charge in [-0.1, -0.05) is 0 Å². The van der Waals surface area contributed by atoms with Gasteiger partial charge in [-0.25, -0.2) is 0 Å². The van der Waals surface area contributed by atoms with Crippen molar-refractivity contribution in [2.24, 2.45) is 5.73 Å². The molecule has 0 aliphatic rings. The molecular formula is C12H23BrN4O. The highest BCUT2D eigenvalue weighted by Crippen LogP contribution is 2.31. The first-order valence-electron chi connectivity index (χ1n) is 5.95. The molecule has 1 aromatic rings. The zero-order valence-corrected chi connectivity index (χ0v) is 13.4. The summed E-state index contributed by atoms with van der Waals surface area (Å²) in [6, 6.07) is -0.138. The number of halogens is 1. The first-order valence-corrected chi connectivity index (χ1v) is 6.74. The molecule has 0 aromatic carbocycles. The number of methoxy groups -OCH3 is 1. The minimum Gasteiger partial charge on any atom is -0.383 e. The maximum atomic E-state index is 6.42. The monoisotopic (exact) mass is 318 g/mol. The minimum atomic E-state index is -0.159. The molecule has 0 fully saturated rings. The van der Waals surface area contributed by atoms with E-state index in [2.05, 4.69) is 39.8 Å². The average Bonchev–Trinajstić information content (AvgIpc) is 2.66. The van der Waals surface area contributed by atoms with Gasteiger partial charge in [-0.05, 0) is 43.9 Å². The van der Waals surface area contributed by atoms with Crippen molar-refractivity contribution in [3.8, 4) is 0 Å². The predicted molar refractivity (Wildman–Crippen MR) is 76.5 cm³/mol. The number of hydrogen-bond acceptors (Lipinski definition) is 4. The third kappa shape index (κ3) is 3.12. The first-order chi connectivity index (χ1) is 8.32. The summed E-state index contributed by atoms with van der Waals surface area (Å²) in [6.07, 6.45) is 1.79. The van der Waals surface area contributed by atoms with Gasteiger partial charge >= 0.3 is 0 Å². The highest BCUT2D eigenvalue weighted by atomic mass is 79.9. The largest absolute Gasteiger partial charge is 0.383 e. The zero-order chi connectivity index (χ0) is 13.9. The van der Waals surface area contributed by atoms with Gasteiger partial charge in [-0.15, -0.1) is 0 Å². The van der Waals surface area contributed by atoms with Gasteiger partial charge in [0, 0.05) is 12.6 Å². The Morgan fingerprint density at radius 3 is 2.67 bits per heavy atom. The van der Waals surface area contributed by atoms with Crippen LogP contribution in [0.1, 0.15) is 25.6 Å². The van der Waals surface area contributed by atoms with E-state index < -0.39 is 0 Å². The second-order valence-electron chi connectivity index (χ2n) is 5.12. The van der Waals surface area contributed by atoms with Gasteiger partial charge in [-0.2, -0.15) is 5.10 Å². The summed E-state index contributed by atoms with van der Waals surface area (Å²) < 4.78 is 7.95. The lowest BCUT2D eigenvalue weighted by Gasteiger charge is -2.38. The Labute approximate surface area is 117 Å². The van der Waals surface area contributed by atoms with Crippen molar-refractivity contribution in [1.29, 1.82) is 0 Å². The number of likely N-dealkylation sites (N-methyl/N-ethyl adjacent to an activating group) is 1. The predicted octanol–water partition coefficient (Wildman–Crippen LogP) is 1.63. The minimum absolute atomic E-state index is 0.138. The maximum Gasteiger partial charge on any atom is 0.0713 e. The molecule has 0 spiro atoms. The fourth-order valence-corrected chi connectivity index (χ4v) is 2.19. The molecule has 6 heteroatoms. The van der Waals surface area contributed by atoms with E-state index in [0.29, 0.717) is 13.2 Å². The number of hydrogen-bond donors (Lipinski definition) is 1.